The Balaban J connectivity index is 2.16. The van der Waals surface area contributed by atoms with Crippen molar-refractivity contribution >= 4 is 11.9 Å². The lowest BCUT2D eigenvalue weighted by molar-refractivity contribution is -0.121. The number of carbonyl (C=O) groups is 1. The largest absolute Gasteiger partial charge is 0.294 e. The van der Waals surface area contributed by atoms with Gasteiger partial charge in [0.25, 0.3) is 0 Å². The Morgan fingerprint density at radius 1 is 0.938 bits per heavy atom. The molecule has 0 unspecified atom stereocenters. The SMILES string of the molecule is O=C1C=Cc2ccccc2C12CCCCC2. The molecule has 1 aromatic carbocycles. The third kappa shape index (κ3) is 1.27. The molecular weight excluding hydrogens is 196 g/mol. The van der Waals surface area contributed by atoms with Crippen LogP contribution in [0.2, 0.25) is 0 Å². The van der Waals surface area contributed by atoms with Crippen molar-refractivity contribution in [2.24, 2.45) is 0 Å². The van der Waals surface area contributed by atoms with Crippen LogP contribution in [0.15, 0.2) is 30.3 Å². The van der Waals surface area contributed by atoms with Gasteiger partial charge < -0.3 is 0 Å². The monoisotopic (exact) mass is 212 g/mol. The molecule has 0 aliphatic heterocycles. The first-order chi connectivity index (χ1) is 7.83. The highest BCUT2D eigenvalue weighted by atomic mass is 16.1. The highest BCUT2D eigenvalue weighted by molar-refractivity contribution is 6.05. The number of ketones is 1. The van der Waals surface area contributed by atoms with Crippen LogP contribution in [-0.2, 0) is 10.2 Å². The summed E-state index contributed by atoms with van der Waals surface area (Å²) >= 11 is 0. The molecule has 0 heterocycles. The minimum absolute atomic E-state index is 0.177. The molecule has 2 aliphatic carbocycles. The van der Waals surface area contributed by atoms with Gasteiger partial charge in [0.05, 0.1) is 5.41 Å². The average Bonchev–Trinajstić information content (AvgIpc) is 2.36. The van der Waals surface area contributed by atoms with Gasteiger partial charge in [0.1, 0.15) is 0 Å². The van der Waals surface area contributed by atoms with E-state index in [-0.39, 0.29) is 5.41 Å². The van der Waals surface area contributed by atoms with Crippen LogP contribution in [0.1, 0.15) is 43.2 Å². The van der Waals surface area contributed by atoms with Crippen LogP contribution in [0.5, 0.6) is 0 Å². The number of hydrogen-bond acceptors (Lipinski definition) is 1. The number of allylic oxidation sites excluding steroid dienone is 1. The molecule has 2 aliphatic rings. The van der Waals surface area contributed by atoms with E-state index in [1.807, 2.05) is 6.08 Å². The van der Waals surface area contributed by atoms with E-state index < -0.39 is 0 Å². The number of carbonyl (C=O) groups excluding carboxylic acids is 1. The van der Waals surface area contributed by atoms with Crippen molar-refractivity contribution in [2.75, 3.05) is 0 Å². The van der Waals surface area contributed by atoms with Gasteiger partial charge in [-0.15, -0.1) is 0 Å². The molecule has 16 heavy (non-hydrogen) atoms. The summed E-state index contributed by atoms with van der Waals surface area (Å²) in [6.07, 6.45) is 9.48. The maximum Gasteiger partial charge on any atom is 0.166 e. The summed E-state index contributed by atoms with van der Waals surface area (Å²) in [7, 11) is 0. The number of benzene rings is 1. The topological polar surface area (TPSA) is 17.1 Å². The van der Waals surface area contributed by atoms with Crippen molar-refractivity contribution in [3.63, 3.8) is 0 Å². The second-order valence-electron chi connectivity index (χ2n) is 4.93. The van der Waals surface area contributed by atoms with Crippen molar-refractivity contribution in [1.29, 1.82) is 0 Å². The zero-order chi connectivity index (χ0) is 11.0. The second kappa shape index (κ2) is 3.58. The van der Waals surface area contributed by atoms with Crippen molar-refractivity contribution in [1.82, 2.24) is 0 Å². The first kappa shape index (κ1) is 9.83. The van der Waals surface area contributed by atoms with E-state index in [9.17, 15) is 4.79 Å². The molecule has 1 fully saturated rings. The Hall–Kier alpha value is -1.37. The first-order valence-electron chi connectivity index (χ1n) is 6.15. The van der Waals surface area contributed by atoms with E-state index in [0.717, 1.165) is 12.8 Å². The molecule has 0 amide bonds. The Kier molecular flexibility index (Phi) is 2.20. The maximum absolute atomic E-state index is 12.2. The summed E-state index contributed by atoms with van der Waals surface area (Å²) < 4.78 is 0. The number of rotatable bonds is 0. The Morgan fingerprint density at radius 2 is 1.69 bits per heavy atom. The van der Waals surface area contributed by atoms with E-state index in [2.05, 4.69) is 24.3 Å². The van der Waals surface area contributed by atoms with Crippen LogP contribution in [0, 0.1) is 0 Å². The van der Waals surface area contributed by atoms with Crippen LogP contribution < -0.4 is 0 Å². The van der Waals surface area contributed by atoms with Crippen molar-refractivity contribution in [3.8, 4) is 0 Å². The molecule has 0 N–H and O–H groups in total. The van der Waals surface area contributed by atoms with Gasteiger partial charge in [-0.25, -0.2) is 0 Å². The lowest BCUT2D eigenvalue weighted by Crippen LogP contribution is -2.39. The molecule has 0 saturated heterocycles. The molecule has 1 nitrogen and oxygen atoms in total. The van der Waals surface area contributed by atoms with Gasteiger partial charge >= 0.3 is 0 Å². The van der Waals surface area contributed by atoms with Crippen LogP contribution in [0.3, 0.4) is 0 Å². The van der Waals surface area contributed by atoms with Gasteiger partial charge in [0.15, 0.2) is 5.78 Å². The summed E-state index contributed by atoms with van der Waals surface area (Å²) in [4.78, 5) is 12.2. The van der Waals surface area contributed by atoms with E-state index in [1.165, 1.54) is 30.4 Å². The third-order valence-electron chi connectivity index (χ3n) is 4.07. The van der Waals surface area contributed by atoms with E-state index >= 15 is 0 Å². The van der Waals surface area contributed by atoms with Gasteiger partial charge in [-0.3, -0.25) is 4.79 Å². The quantitative estimate of drug-likeness (QED) is 0.643. The number of fused-ring (bicyclic) bond motifs is 2. The lowest BCUT2D eigenvalue weighted by atomic mass is 9.64. The maximum atomic E-state index is 12.2. The highest BCUT2D eigenvalue weighted by Gasteiger charge is 2.42. The van der Waals surface area contributed by atoms with Gasteiger partial charge in [-0.1, -0.05) is 49.6 Å². The first-order valence-corrected chi connectivity index (χ1v) is 6.15. The fraction of sp³-hybridized carbons (Fsp3) is 0.400. The van der Waals surface area contributed by atoms with E-state index in [4.69, 9.17) is 0 Å². The van der Waals surface area contributed by atoms with E-state index in [0.29, 0.717) is 5.78 Å². The predicted octanol–water partition coefficient (Wildman–Crippen LogP) is 3.48. The zero-order valence-corrected chi connectivity index (χ0v) is 9.41. The fourth-order valence-corrected chi connectivity index (χ4v) is 3.21. The normalized spacial score (nSPS) is 22.1. The summed E-state index contributed by atoms with van der Waals surface area (Å²) in [6, 6.07) is 8.37. The van der Waals surface area contributed by atoms with Crippen LogP contribution in [0.4, 0.5) is 0 Å². The minimum Gasteiger partial charge on any atom is -0.294 e. The van der Waals surface area contributed by atoms with Crippen molar-refractivity contribution in [2.45, 2.75) is 37.5 Å². The van der Waals surface area contributed by atoms with Crippen LogP contribution in [-0.4, -0.2) is 5.78 Å². The second-order valence-corrected chi connectivity index (χ2v) is 4.93. The highest BCUT2D eigenvalue weighted by Crippen LogP contribution is 2.44. The molecule has 1 spiro atoms. The molecule has 1 saturated carbocycles. The molecule has 3 rings (SSSR count). The number of hydrogen-bond donors (Lipinski definition) is 0. The van der Waals surface area contributed by atoms with Gasteiger partial charge in [-0.2, -0.15) is 0 Å². The molecule has 1 aromatic rings. The summed E-state index contributed by atoms with van der Waals surface area (Å²) in [5.41, 5.74) is 2.33. The Labute approximate surface area is 96.2 Å². The smallest absolute Gasteiger partial charge is 0.166 e. The van der Waals surface area contributed by atoms with Crippen molar-refractivity contribution in [3.05, 3.63) is 41.5 Å². The van der Waals surface area contributed by atoms with Gasteiger partial charge in [0.2, 0.25) is 0 Å². The minimum atomic E-state index is -0.177. The van der Waals surface area contributed by atoms with E-state index in [1.54, 1.807) is 6.08 Å². The zero-order valence-electron chi connectivity index (χ0n) is 9.41. The third-order valence-corrected chi connectivity index (χ3v) is 4.07. The molecule has 1 heteroatoms. The standard InChI is InChI=1S/C15H16O/c16-14-9-8-12-6-2-3-7-13(12)15(14)10-4-1-5-11-15/h2-3,6-9H,1,4-5,10-11H2. The van der Waals surface area contributed by atoms with Crippen LogP contribution >= 0.6 is 0 Å². The molecule has 0 atom stereocenters. The summed E-state index contributed by atoms with van der Waals surface area (Å²) in [6.45, 7) is 0. The molecule has 0 radical (unpaired) electrons. The molecule has 82 valence electrons. The van der Waals surface area contributed by atoms with Gasteiger partial charge in [0, 0.05) is 0 Å². The summed E-state index contributed by atoms with van der Waals surface area (Å²) in [5, 5.41) is 0. The molecule has 0 bridgehead atoms. The van der Waals surface area contributed by atoms with Crippen molar-refractivity contribution < 1.29 is 4.79 Å². The lowest BCUT2D eigenvalue weighted by Gasteiger charge is -2.38. The van der Waals surface area contributed by atoms with Crippen LogP contribution in [0.25, 0.3) is 6.08 Å². The Bertz CT molecular complexity index is 450. The molecule has 0 aromatic heterocycles. The summed E-state index contributed by atoms with van der Waals surface area (Å²) in [5.74, 6) is 0.325. The predicted molar refractivity (Wildman–Crippen MR) is 65.2 cm³/mol. The molecular formula is C15H16O. The van der Waals surface area contributed by atoms with Gasteiger partial charge in [-0.05, 0) is 30.0 Å². The fourth-order valence-electron chi connectivity index (χ4n) is 3.21. The average molecular weight is 212 g/mol. The Morgan fingerprint density at radius 3 is 2.50 bits per heavy atom.